The number of nitrogen functional groups attached to an aromatic ring is 2. The van der Waals surface area contributed by atoms with Gasteiger partial charge in [-0.1, -0.05) is 0 Å². The van der Waals surface area contributed by atoms with Gasteiger partial charge in [-0.2, -0.15) is 12.6 Å². The summed E-state index contributed by atoms with van der Waals surface area (Å²) in [5.41, 5.74) is 11.1. The number of thiol groups is 1. The van der Waals surface area contributed by atoms with Crippen LogP contribution in [0, 0.1) is 5.21 Å². The highest BCUT2D eigenvalue weighted by atomic mass is 32.1. The zero-order valence-electron chi connectivity index (χ0n) is 5.69. The molecule has 1 heterocycles. The fraction of sp³-hybridized carbons (Fsp3) is 0.200. The average Bonchev–Trinajstić information content (AvgIpc) is 1.99. The molecule has 5 nitrogen and oxygen atoms in total. The molecule has 0 amide bonds. The van der Waals surface area contributed by atoms with Crippen molar-refractivity contribution in [2.45, 2.75) is 5.75 Å². The highest BCUT2D eigenvalue weighted by molar-refractivity contribution is 7.79. The maximum atomic E-state index is 10.8. The molecule has 1 aromatic rings. The fourth-order valence-corrected chi connectivity index (χ4v) is 0.829. The van der Waals surface area contributed by atoms with E-state index in [0.29, 0.717) is 16.2 Å². The van der Waals surface area contributed by atoms with Crippen molar-refractivity contribution >= 4 is 24.4 Å². The first-order valence-corrected chi connectivity index (χ1v) is 3.53. The van der Waals surface area contributed by atoms with Crippen LogP contribution in [0.1, 0.15) is 5.69 Å². The summed E-state index contributed by atoms with van der Waals surface area (Å²) >= 11 is 3.95. The van der Waals surface area contributed by atoms with Crippen LogP contribution in [-0.2, 0) is 5.75 Å². The molecule has 0 bridgehead atoms. The van der Waals surface area contributed by atoms with Crippen molar-refractivity contribution in [3.05, 3.63) is 17.0 Å². The van der Waals surface area contributed by atoms with Crippen LogP contribution in [0.5, 0.6) is 0 Å². The van der Waals surface area contributed by atoms with Crippen LogP contribution in [-0.4, -0.2) is 4.98 Å². The smallest absolute Gasteiger partial charge is 0.344 e. The molecular weight excluding hydrogens is 164 g/mol. The number of nitrogens with two attached hydrogens (primary N) is 2. The molecule has 0 saturated heterocycles. The lowest BCUT2D eigenvalue weighted by atomic mass is 10.4. The van der Waals surface area contributed by atoms with Gasteiger partial charge < -0.3 is 16.7 Å². The van der Waals surface area contributed by atoms with Crippen LogP contribution < -0.4 is 16.2 Å². The largest absolute Gasteiger partial charge is 0.754 e. The molecule has 11 heavy (non-hydrogen) atoms. The fourth-order valence-electron chi connectivity index (χ4n) is 0.667. The van der Waals surface area contributed by atoms with E-state index in [2.05, 4.69) is 17.6 Å². The van der Waals surface area contributed by atoms with Crippen LogP contribution in [0.15, 0.2) is 6.07 Å². The molecule has 0 spiro atoms. The maximum absolute atomic E-state index is 10.8. The second-order valence-electron chi connectivity index (χ2n) is 1.98. The first kappa shape index (κ1) is 7.93. The van der Waals surface area contributed by atoms with Crippen molar-refractivity contribution in [2.24, 2.45) is 0 Å². The summed E-state index contributed by atoms with van der Waals surface area (Å²) in [5, 5.41) is 10.8. The molecule has 0 aliphatic rings. The molecule has 0 fully saturated rings. The third kappa shape index (κ3) is 1.45. The van der Waals surface area contributed by atoms with Crippen molar-refractivity contribution in [3.63, 3.8) is 0 Å². The van der Waals surface area contributed by atoms with Crippen LogP contribution >= 0.6 is 12.6 Å². The quantitative estimate of drug-likeness (QED) is 0.297. The number of aromatic nitrogens is 2. The summed E-state index contributed by atoms with van der Waals surface area (Å²) in [7, 11) is 0. The Morgan fingerprint density at radius 3 is 2.73 bits per heavy atom. The van der Waals surface area contributed by atoms with E-state index >= 15 is 0 Å². The van der Waals surface area contributed by atoms with Crippen molar-refractivity contribution in [1.82, 2.24) is 4.98 Å². The summed E-state index contributed by atoms with van der Waals surface area (Å²) < 4.78 is 0.368. The lowest BCUT2D eigenvalue weighted by molar-refractivity contribution is -0.577. The number of rotatable bonds is 1. The second-order valence-corrected chi connectivity index (χ2v) is 2.30. The van der Waals surface area contributed by atoms with Gasteiger partial charge in [0.1, 0.15) is 5.69 Å². The SMILES string of the molecule is Nc1cc(CS)nc(N)[n+]1[O-]. The molecule has 4 N–H and O–H groups in total. The molecular formula is C5H8N4OS. The lowest BCUT2D eigenvalue weighted by Gasteiger charge is -2.08. The monoisotopic (exact) mass is 172 g/mol. The van der Waals surface area contributed by atoms with Crippen LogP contribution in [0.25, 0.3) is 0 Å². The second kappa shape index (κ2) is 2.83. The molecule has 1 rings (SSSR count). The van der Waals surface area contributed by atoms with Crippen molar-refractivity contribution in [1.29, 1.82) is 0 Å². The van der Waals surface area contributed by atoms with E-state index in [4.69, 9.17) is 11.5 Å². The zero-order chi connectivity index (χ0) is 8.43. The van der Waals surface area contributed by atoms with Gasteiger partial charge in [0.05, 0.1) is 0 Å². The van der Waals surface area contributed by atoms with E-state index < -0.39 is 0 Å². The summed E-state index contributed by atoms with van der Waals surface area (Å²) in [6.45, 7) is 0. The van der Waals surface area contributed by atoms with Crippen molar-refractivity contribution in [2.75, 3.05) is 11.5 Å². The Morgan fingerprint density at radius 2 is 2.27 bits per heavy atom. The van der Waals surface area contributed by atoms with E-state index in [-0.39, 0.29) is 11.8 Å². The average molecular weight is 172 g/mol. The standard InChI is InChI=1S/C5H8N4OS/c6-4-1-3(2-11)8-5(7)9(4)10/h1,11H,2,6H2,(H2,7,8). The molecule has 0 aromatic carbocycles. The van der Waals surface area contributed by atoms with E-state index in [1.54, 1.807) is 0 Å². The molecule has 60 valence electrons. The van der Waals surface area contributed by atoms with E-state index in [1.807, 2.05) is 0 Å². The Balaban J connectivity index is 3.21. The first-order valence-electron chi connectivity index (χ1n) is 2.90. The highest BCUT2D eigenvalue weighted by Crippen LogP contribution is 2.03. The Bertz CT molecular complexity index is 254. The van der Waals surface area contributed by atoms with Gasteiger partial charge in [0.25, 0.3) is 0 Å². The maximum Gasteiger partial charge on any atom is 0.344 e. The number of nitrogens with zero attached hydrogens (tertiary/aromatic N) is 2. The van der Waals surface area contributed by atoms with Gasteiger partial charge >= 0.3 is 5.95 Å². The van der Waals surface area contributed by atoms with Crippen LogP contribution in [0.3, 0.4) is 0 Å². The number of hydrogen-bond acceptors (Lipinski definition) is 5. The van der Waals surface area contributed by atoms with Crippen molar-refractivity contribution < 1.29 is 4.73 Å². The minimum Gasteiger partial charge on any atom is -0.754 e. The molecule has 0 aliphatic heterocycles. The zero-order valence-corrected chi connectivity index (χ0v) is 6.58. The van der Waals surface area contributed by atoms with E-state index in [0.717, 1.165) is 0 Å². The van der Waals surface area contributed by atoms with Gasteiger partial charge in [-0.05, 0) is 0 Å². The minimum absolute atomic E-state index is 0.0431. The summed E-state index contributed by atoms with van der Waals surface area (Å²) in [5.74, 6) is 0.311. The molecule has 1 aromatic heterocycles. The molecule has 0 unspecified atom stereocenters. The molecule has 0 saturated carbocycles. The van der Waals surface area contributed by atoms with E-state index in [9.17, 15) is 5.21 Å². The Morgan fingerprint density at radius 1 is 1.64 bits per heavy atom. The third-order valence-corrected chi connectivity index (χ3v) is 1.50. The predicted molar refractivity (Wildman–Crippen MR) is 44.7 cm³/mol. The summed E-state index contributed by atoms with van der Waals surface area (Å²) in [4.78, 5) is 3.72. The van der Waals surface area contributed by atoms with Crippen molar-refractivity contribution in [3.8, 4) is 0 Å². The minimum atomic E-state index is -0.144. The van der Waals surface area contributed by atoms with Gasteiger partial charge in [-0.3, -0.25) is 0 Å². The number of hydrogen-bond donors (Lipinski definition) is 3. The number of anilines is 2. The normalized spacial score (nSPS) is 9.91. The van der Waals surface area contributed by atoms with Crippen LogP contribution in [0.4, 0.5) is 11.8 Å². The highest BCUT2D eigenvalue weighted by Gasteiger charge is 2.04. The van der Waals surface area contributed by atoms with Gasteiger partial charge in [0.15, 0.2) is 5.82 Å². The Labute approximate surface area is 69.0 Å². The Kier molecular flexibility index (Phi) is 2.04. The first-order chi connectivity index (χ1) is 5.15. The summed E-state index contributed by atoms with van der Waals surface area (Å²) in [6.07, 6.45) is 0. The van der Waals surface area contributed by atoms with Gasteiger partial charge in [0, 0.05) is 11.8 Å². The molecule has 0 atom stereocenters. The van der Waals surface area contributed by atoms with Gasteiger partial charge in [0.2, 0.25) is 0 Å². The van der Waals surface area contributed by atoms with Crippen LogP contribution in [0.2, 0.25) is 0 Å². The summed E-state index contributed by atoms with van der Waals surface area (Å²) in [6, 6.07) is 1.44. The van der Waals surface area contributed by atoms with Gasteiger partial charge in [-0.25, -0.2) is 4.73 Å². The predicted octanol–water partition coefficient (Wildman–Crippen LogP) is -0.691. The lowest BCUT2D eigenvalue weighted by Crippen LogP contribution is -2.35. The Hall–Kier alpha value is -1.17. The van der Waals surface area contributed by atoms with E-state index in [1.165, 1.54) is 6.07 Å². The topological polar surface area (TPSA) is 91.9 Å². The molecule has 0 radical (unpaired) electrons. The molecule has 6 heteroatoms. The molecule has 0 aliphatic carbocycles. The van der Waals surface area contributed by atoms with Gasteiger partial charge in [-0.15, -0.1) is 4.98 Å². The third-order valence-electron chi connectivity index (χ3n) is 1.18.